The van der Waals surface area contributed by atoms with Gasteiger partial charge in [-0.3, -0.25) is 4.79 Å². The number of carbonyl (C=O) groups is 1. The first kappa shape index (κ1) is 13.9. The van der Waals surface area contributed by atoms with E-state index in [1.807, 2.05) is 13.0 Å². The largest absolute Gasteiger partial charge is 0.508 e. The predicted octanol–water partition coefficient (Wildman–Crippen LogP) is 2.00. The summed E-state index contributed by atoms with van der Waals surface area (Å²) in [6.45, 7) is 3.64. The van der Waals surface area contributed by atoms with Crippen molar-refractivity contribution in [2.24, 2.45) is 5.73 Å². The average molecular weight is 296 g/mol. The lowest BCUT2D eigenvalue weighted by atomic mass is 9.97. The molecule has 0 atom stereocenters. The van der Waals surface area contributed by atoms with Gasteiger partial charge >= 0.3 is 0 Å². The Bertz CT molecular complexity index is 912. The van der Waals surface area contributed by atoms with Crippen LogP contribution in [0.25, 0.3) is 16.8 Å². The summed E-state index contributed by atoms with van der Waals surface area (Å²) < 4.78 is 1.73. The van der Waals surface area contributed by atoms with E-state index in [0.29, 0.717) is 16.8 Å². The molecular formula is C16H16N4O2. The van der Waals surface area contributed by atoms with E-state index in [1.54, 1.807) is 35.9 Å². The van der Waals surface area contributed by atoms with E-state index in [2.05, 4.69) is 4.98 Å². The molecular weight excluding hydrogens is 280 g/mol. The maximum Gasteiger partial charge on any atom is 0.252 e. The van der Waals surface area contributed by atoms with Gasteiger partial charge in [-0.2, -0.15) is 0 Å². The minimum atomic E-state index is -0.607. The molecule has 6 heteroatoms. The van der Waals surface area contributed by atoms with Crippen molar-refractivity contribution in [1.82, 2.24) is 9.38 Å². The van der Waals surface area contributed by atoms with Crippen molar-refractivity contribution in [1.29, 1.82) is 0 Å². The number of primary amides is 1. The number of nitrogen functional groups attached to an aromatic ring is 1. The summed E-state index contributed by atoms with van der Waals surface area (Å²) in [5.74, 6) is -0.451. The molecule has 0 saturated carbocycles. The van der Waals surface area contributed by atoms with Crippen molar-refractivity contribution in [3.63, 3.8) is 0 Å². The van der Waals surface area contributed by atoms with E-state index >= 15 is 0 Å². The Kier molecular flexibility index (Phi) is 3.02. The van der Waals surface area contributed by atoms with E-state index in [9.17, 15) is 9.90 Å². The number of imidazole rings is 1. The number of hydrogen-bond donors (Lipinski definition) is 3. The number of hydrogen-bond acceptors (Lipinski definition) is 4. The second kappa shape index (κ2) is 4.77. The van der Waals surface area contributed by atoms with Gasteiger partial charge in [0.25, 0.3) is 5.91 Å². The number of anilines is 1. The maximum atomic E-state index is 11.7. The molecule has 0 bridgehead atoms. The van der Waals surface area contributed by atoms with Crippen molar-refractivity contribution in [3.05, 3.63) is 47.4 Å². The lowest BCUT2D eigenvalue weighted by Crippen LogP contribution is -2.15. The highest BCUT2D eigenvalue weighted by Crippen LogP contribution is 2.37. The summed E-state index contributed by atoms with van der Waals surface area (Å²) in [6, 6.07) is 5.15. The van der Waals surface area contributed by atoms with Crippen molar-refractivity contribution in [2.45, 2.75) is 13.8 Å². The molecule has 0 unspecified atom stereocenters. The zero-order chi connectivity index (χ0) is 16.0. The third-order valence-corrected chi connectivity index (χ3v) is 3.74. The Morgan fingerprint density at radius 3 is 2.68 bits per heavy atom. The summed E-state index contributed by atoms with van der Waals surface area (Å²) in [4.78, 5) is 16.1. The number of amides is 1. The molecule has 0 aliphatic heterocycles. The molecule has 2 heterocycles. The van der Waals surface area contributed by atoms with Crippen LogP contribution in [0.4, 0.5) is 5.69 Å². The van der Waals surface area contributed by atoms with Crippen molar-refractivity contribution >= 4 is 17.2 Å². The molecule has 0 spiro atoms. The van der Waals surface area contributed by atoms with E-state index in [-0.39, 0.29) is 17.0 Å². The van der Waals surface area contributed by atoms with Crippen LogP contribution < -0.4 is 11.5 Å². The SMILES string of the molecule is Cc1cn2cc(C(N)=O)c(N)c(-c3cccc(O)c3C)c2n1. The summed E-state index contributed by atoms with van der Waals surface area (Å²) in [7, 11) is 0. The molecule has 0 aliphatic rings. The molecule has 0 fully saturated rings. The van der Waals surface area contributed by atoms with Crippen LogP contribution in [-0.4, -0.2) is 20.4 Å². The van der Waals surface area contributed by atoms with Crippen LogP contribution >= 0.6 is 0 Å². The highest BCUT2D eigenvalue weighted by Gasteiger charge is 2.19. The van der Waals surface area contributed by atoms with Crippen LogP contribution in [0.3, 0.4) is 0 Å². The van der Waals surface area contributed by atoms with Gasteiger partial charge in [0.2, 0.25) is 0 Å². The molecule has 6 nitrogen and oxygen atoms in total. The number of phenolic OH excluding ortho intramolecular Hbond substituents is 1. The zero-order valence-electron chi connectivity index (χ0n) is 12.3. The molecule has 3 aromatic rings. The van der Waals surface area contributed by atoms with E-state index < -0.39 is 5.91 Å². The average Bonchev–Trinajstić information content (AvgIpc) is 2.82. The van der Waals surface area contributed by atoms with Gasteiger partial charge in [0, 0.05) is 18.0 Å². The van der Waals surface area contributed by atoms with Gasteiger partial charge in [-0.05, 0) is 31.0 Å². The number of pyridine rings is 1. The first-order valence-electron chi connectivity index (χ1n) is 6.76. The summed E-state index contributed by atoms with van der Waals surface area (Å²) in [5, 5.41) is 9.95. The number of nitrogens with two attached hydrogens (primary N) is 2. The number of nitrogens with zero attached hydrogens (tertiary/aromatic N) is 2. The lowest BCUT2D eigenvalue weighted by molar-refractivity contribution is 0.100. The van der Waals surface area contributed by atoms with Crippen LogP contribution in [0.2, 0.25) is 0 Å². The fourth-order valence-electron chi connectivity index (χ4n) is 2.62. The molecule has 0 aliphatic carbocycles. The molecule has 1 amide bonds. The summed E-state index contributed by atoms with van der Waals surface area (Å²) in [6.07, 6.45) is 3.37. The van der Waals surface area contributed by atoms with Crippen LogP contribution in [0.1, 0.15) is 21.6 Å². The number of aromatic hydroxyl groups is 1. The quantitative estimate of drug-likeness (QED) is 0.672. The highest BCUT2D eigenvalue weighted by molar-refractivity contribution is 6.04. The topological polar surface area (TPSA) is 107 Å². The molecule has 5 N–H and O–H groups in total. The molecule has 22 heavy (non-hydrogen) atoms. The lowest BCUT2D eigenvalue weighted by Gasteiger charge is -2.14. The summed E-state index contributed by atoms with van der Waals surface area (Å²) >= 11 is 0. The van der Waals surface area contributed by atoms with Gasteiger partial charge in [-0.15, -0.1) is 0 Å². The first-order valence-corrected chi connectivity index (χ1v) is 6.76. The van der Waals surface area contributed by atoms with Crippen molar-refractivity contribution < 1.29 is 9.90 Å². The molecule has 2 aromatic heterocycles. The monoisotopic (exact) mass is 296 g/mol. The van der Waals surface area contributed by atoms with Gasteiger partial charge in [0.05, 0.1) is 16.9 Å². The molecule has 0 radical (unpaired) electrons. The number of fused-ring (bicyclic) bond motifs is 1. The number of rotatable bonds is 2. The third-order valence-electron chi connectivity index (χ3n) is 3.74. The molecule has 0 saturated heterocycles. The van der Waals surface area contributed by atoms with E-state index in [1.165, 1.54) is 0 Å². The van der Waals surface area contributed by atoms with Gasteiger partial charge in [0.1, 0.15) is 11.4 Å². The highest BCUT2D eigenvalue weighted by atomic mass is 16.3. The zero-order valence-corrected chi connectivity index (χ0v) is 12.3. The smallest absolute Gasteiger partial charge is 0.252 e. The van der Waals surface area contributed by atoms with Crippen LogP contribution in [0.5, 0.6) is 5.75 Å². The molecule has 112 valence electrons. The number of carbonyl (C=O) groups excluding carboxylic acids is 1. The van der Waals surface area contributed by atoms with Gasteiger partial charge in [0.15, 0.2) is 0 Å². The Morgan fingerprint density at radius 1 is 1.27 bits per heavy atom. The minimum Gasteiger partial charge on any atom is -0.508 e. The Morgan fingerprint density at radius 2 is 2.00 bits per heavy atom. The fourth-order valence-corrected chi connectivity index (χ4v) is 2.62. The van der Waals surface area contributed by atoms with Crippen molar-refractivity contribution in [3.8, 4) is 16.9 Å². The number of phenols is 1. The second-order valence-corrected chi connectivity index (χ2v) is 5.26. The van der Waals surface area contributed by atoms with Gasteiger partial charge in [-0.1, -0.05) is 12.1 Å². The Hall–Kier alpha value is -3.02. The van der Waals surface area contributed by atoms with Crippen LogP contribution in [-0.2, 0) is 0 Å². The van der Waals surface area contributed by atoms with E-state index in [0.717, 1.165) is 11.3 Å². The molecule has 1 aromatic carbocycles. The number of benzene rings is 1. The van der Waals surface area contributed by atoms with Gasteiger partial charge in [-0.25, -0.2) is 4.98 Å². The van der Waals surface area contributed by atoms with Crippen LogP contribution in [0.15, 0.2) is 30.6 Å². The number of aromatic nitrogens is 2. The fraction of sp³-hybridized carbons (Fsp3) is 0.125. The second-order valence-electron chi connectivity index (χ2n) is 5.26. The number of aryl methyl sites for hydroxylation is 1. The normalized spacial score (nSPS) is 11.0. The van der Waals surface area contributed by atoms with Crippen LogP contribution in [0, 0.1) is 13.8 Å². The minimum absolute atomic E-state index is 0.155. The standard InChI is InChI=1S/C16H16N4O2/c1-8-6-20-7-11(15(18)22)14(17)13(16(20)19-8)10-4-3-5-12(21)9(10)2/h3-7,21H,17H2,1-2H3,(H2,18,22). The Labute approximate surface area is 127 Å². The maximum absolute atomic E-state index is 11.7. The van der Waals surface area contributed by atoms with Crippen molar-refractivity contribution in [2.75, 3.05) is 5.73 Å². The van der Waals surface area contributed by atoms with Gasteiger partial charge < -0.3 is 21.0 Å². The third kappa shape index (κ3) is 1.96. The van der Waals surface area contributed by atoms with E-state index in [4.69, 9.17) is 11.5 Å². The summed E-state index contributed by atoms with van der Waals surface area (Å²) in [5.41, 5.74) is 15.5. The first-order chi connectivity index (χ1) is 10.4. The Balaban J connectivity index is 2.48. The molecule has 3 rings (SSSR count). The predicted molar refractivity (Wildman–Crippen MR) is 84.7 cm³/mol.